The van der Waals surface area contributed by atoms with Gasteiger partial charge in [0.25, 0.3) is 0 Å². The predicted octanol–water partition coefficient (Wildman–Crippen LogP) is 4.00. The molecule has 0 aromatic heterocycles. The molecule has 0 saturated heterocycles. The van der Waals surface area contributed by atoms with Gasteiger partial charge in [0.1, 0.15) is 11.5 Å². The molecular formula is C15H11BrF2O3. The molecule has 0 atom stereocenters. The molecule has 110 valence electrons. The summed E-state index contributed by atoms with van der Waals surface area (Å²) in [7, 11) is 1.52. The van der Waals surface area contributed by atoms with Crippen molar-refractivity contribution in [1.29, 1.82) is 0 Å². The van der Waals surface area contributed by atoms with Gasteiger partial charge in [-0.3, -0.25) is 4.79 Å². The minimum atomic E-state index is -1.02. The fraction of sp³-hybridized carbons (Fsp3) is 0.133. The Kier molecular flexibility index (Phi) is 4.90. The number of hydrogen-bond acceptors (Lipinski definition) is 3. The van der Waals surface area contributed by atoms with Gasteiger partial charge in [0.15, 0.2) is 24.0 Å². The molecule has 2 aromatic rings. The van der Waals surface area contributed by atoms with Gasteiger partial charge in [-0.2, -0.15) is 0 Å². The monoisotopic (exact) mass is 356 g/mol. The van der Waals surface area contributed by atoms with E-state index in [0.717, 1.165) is 12.1 Å². The fourth-order valence-corrected chi connectivity index (χ4v) is 2.18. The highest BCUT2D eigenvalue weighted by Crippen LogP contribution is 2.25. The Labute approximate surface area is 128 Å². The van der Waals surface area contributed by atoms with Gasteiger partial charge in [-0.25, -0.2) is 8.78 Å². The number of carbonyl (C=O) groups excluding carboxylic acids is 1. The maximum absolute atomic E-state index is 13.0. The Hall–Kier alpha value is -1.95. The van der Waals surface area contributed by atoms with Crippen LogP contribution in [0, 0.1) is 11.6 Å². The van der Waals surface area contributed by atoms with E-state index < -0.39 is 11.6 Å². The maximum Gasteiger partial charge on any atom is 0.200 e. The molecular weight excluding hydrogens is 346 g/mol. The van der Waals surface area contributed by atoms with Crippen LogP contribution in [-0.4, -0.2) is 19.5 Å². The first-order chi connectivity index (χ1) is 10.0. The van der Waals surface area contributed by atoms with Gasteiger partial charge in [0.05, 0.1) is 11.6 Å². The van der Waals surface area contributed by atoms with Crippen molar-refractivity contribution in [3.8, 4) is 11.5 Å². The normalized spacial score (nSPS) is 10.3. The molecule has 0 fully saturated rings. The van der Waals surface area contributed by atoms with E-state index in [1.807, 2.05) is 0 Å². The van der Waals surface area contributed by atoms with Gasteiger partial charge >= 0.3 is 0 Å². The third-order valence-corrected chi connectivity index (χ3v) is 3.35. The molecule has 0 spiro atoms. The lowest BCUT2D eigenvalue weighted by atomic mass is 10.1. The predicted molar refractivity (Wildman–Crippen MR) is 76.9 cm³/mol. The Morgan fingerprint density at radius 3 is 2.52 bits per heavy atom. The van der Waals surface area contributed by atoms with E-state index in [0.29, 0.717) is 15.8 Å². The number of rotatable bonds is 5. The molecule has 0 amide bonds. The van der Waals surface area contributed by atoms with Crippen molar-refractivity contribution in [2.24, 2.45) is 0 Å². The van der Waals surface area contributed by atoms with E-state index in [1.54, 1.807) is 18.2 Å². The van der Waals surface area contributed by atoms with Crippen LogP contribution in [0.2, 0.25) is 0 Å². The first-order valence-electron chi connectivity index (χ1n) is 5.96. The van der Waals surface area contributed by atoms with Gasteiger partial charge in [-0.15, -0.1) is 0 Å². The van der Waals surface area contributed by atoms with Crippen molar-refractivity contribution >= 4 is 21.7 Å². The second-order valence-electron chi connectivity index (χ2n) is 4.14. The summed E-state index contributed by atoms with van der Waals surface area (Å²) < 4.78 is 36.6. The second-order valence-corrected chi connectivity index (χ2v) is 4.99. The van der Waals surface area contributed by atoms with Gasteiger partial charge in [-0.1, -0.05) is 0 Å². The van der Waals surface area contributed by atoms with Crippen LogP contribution in [0.25, 0.3) is 0 Å². The quantitative estimate of drug-likeness (QED) is 0.759. The molecule has 2 rings (SSSR count). The summed E-state index contributed by atoms with van der Waals surface area (Å²) in [5.74, 6) is -1.58. The van der Waals surface area contributed by atoms with Gasteiger partial charge in [-0.05, 0) is 46.3 Å². The summed E-state index contributed by atoms with van der Waals surface area (Å²) in [6.07, 6.45) is 0. The zero-order chi connectivity index (χ0) is 15.4. The van der Waals surface area contributed by atoms with Crippen LogP contribution >= 0.6 is 15.9 Å². The molecule has 0 aliphatic carbocycles. The van der Waals surface area contributed by atoms with Crippen molar-refractivity contribution in [3.63, 3.8) is 0 Å². The third-order valence-electron chi connectivity index (χ3n) is 2.73. The molecule has 0 heterocycles. The summed E-state index contributed by atoms with van der Waals surface area (Å²) in [5.41, 5.74) is 0.422. The van der Waals surface area contributed by atoms with E-state index in [9.17, 15) is 13.6 Å². The van der Waals surface area contributed by atoms with Crippen LogP contribution in [0.5, 0.6) is 11.5 Å². The molecule has 6 heteroatoms. The Balaban J connectivity index is 2.04. The SMILES string of the molecule is COc1ccc(C(=O)COc2ccc(F)c(F)c2)cc1Br. The van der Waals surface area contributed by atoms with E-state index >= 15 is 0 Å². The lowest BCUT2D eigenvalue weighted by Crippen LogP contribution is -2.11. The van der Waals surface area contributed by atoms with E-state index in [1.165, 1.54) is 13.2 Å². The van der Waals surface area contributed by atoms with E-state index in [2.05, 4.69) is 15.9 Å². The largest absolute Gasteiger partial charge is 0.496 e. The molecule has 0 saturated carbocycles. The summed E-state index contributed by atoms with van der Waals surface area (Å²) in [4.78, 5) is 12.0. The first-order valence-corrected chi connectivity index (χ1v) is 6.75. The lowest BCUT2D eigenvalue weighted by molar-refractivity contribution is 0.0921. The van der Waals surface area contributed by atoms with Gasteiger partial charge < -0.3 is 9.47 Å². The number of benzene rings is 2. The molecule has 21 heavy (non-hydrogen) atoms. The average Bonchev–Trinajstić information content (AvgIpc) is 2.48. The topological polar surface area (TPSA) is 35.5 Å². The number of carbonyl (C=O) groups is 1. The van der Waals surface area contributed by atoms with Crippen molar-refractivity contribution in [2.45, 2.75) is 0 Å². The van der Waals surface area contributed by atoms with Crippen molar-refractivity contribution in [3.05, 3.63) is 58.1 Å². The highest BCUT2D eigenvalue weighted by Gasteiger charge is 2.11. The van der Waals surface area contributed by atoms with Crippen LogP contribution in [-0.2, 0) is 0 Å². The molecule has 0 aliphatic heterocycles. The number of ether oxygens (including phenoxy) is 2. The maximum atomic E-state index is 13.0. The highest BCUT2D eigenvalue weighted by molar-refractivity contribution is 9.10. The van der Waals surface area contributed by atoms with E-state index in [-0.39, 0.29) is 18.1 Å². The summed E-state index contributed by atoms with van der Waals surface area (Å²) in [6.45, 7) is -0.274. The summed E-state index contributed by atoms with van der Waals surface area (Å²) in [5, 5.41) is 0. The summed E-state index contributed by atoms with van der Waals surface area (Å²) >= 11 is 3.28. The van der Waals surface area contributed by atoms with Gasteiger partial charge in [0.2, 0.25) is 0 Å². The molecule has 2 aromatic carbocycles. The number of Topliss-reactive ketones (excluding diaryl/α,β-unsaturated/α-hetero) is 1. The van der Waals surface area contributed by atoms with Crippen LogP contribution in [0.1, 0.15) is 10.4 Å². The van der Waals surface area contributed by atoms with E-state index in [4.69, 9.17) is 9.47 Å². The van der Waals surface area contributed by atoms with Crippen LogP contribution in [0.4, 0.5) is 8.78 Å². The zero-order valence-corrected chi connectivity index (χ0v) is 12.6. The smallest absolute Gasteiger partial charge is 0.200 e. The average molecular weight is 357 g/mol. The number of hydrogen-bond donors (Lipinski definition) is 0. The minimum absolute atomic E-state index is 0.0924. The van der Waals surface area contributed by atoms with Crippen LogP contribution < -0.4 is 9.47 Å². The van der Waals surface area contributed by atoms with Gasteiger partial charge in [0, 0.05) is 11.6 Å². The Morgan fingerprint density at radius 2 is 1.90 bits per heavy atom. The second kappa shape index (κ2) is 6.67. The van der Waals surface area contributed by atoms with Crippen LogP contribution in [0.15, 0.2) is 40.9 Å². The minimum Gasteiger partial charge on any atom is -0.496 e. The van der Waals surface area contributed by atoms with Crippen LogP contribution in [0.3, 0.4) is 0 Å². The number of halogens is 3. The van der Waals surface area contributed by atoms with Crippen molar-refractivity contribution in [2.75, 3.05) is 13.7 Å². The fourth-order valence-electron chi connectivity index (χ4n) is 1.64. The number of ketones is 1. The zero-order valence-electron chi connectivity index (χ0n) is 11.0. The summed E-state index contributed by atoms with van der Waals surface area (Å²) in [6, 6.07) is 7.95. The lowest BCUT2D eigenvalue weighted by Gasteiger charge is -2.08. The molecule has 0 unspecified atom stereocenters. The molecule has 0 N–H and O–H groups in total. The Bertz CT molecular complexity index is 674. The molecule has 0 radical (unpaired) electrons. The highest BCUT2D eigenvalue weighted by atomic mass is 79.9. The molecule has 0 aliphatic rings. The van der Waals surface area contributed by atoms with Crippen molar-refractivity contribution < 1.29 is 23.0 Å². The first kappa shape index (κ1) is 15.4. The Morgan fingerprint density at radius 1 is 1.14 bits per heavy atom. The standard InChI is InChI=1S/C15H11BrF2O3/c1-20-15-5-2-9(6-11(15)16)14(19)8-21-10-3-4-12(17)13(18)7-10/h2-7H,8H2,1H3. The molecule has 3 nitrogen and oxygen atoms in total. The third kappa shape index (κ3) is 3.78. The molecule has 0 bridgehead atoms. The number of methoxy groups -OCH3 is 1. The van der Waals surface area contributed by atoms with Crippen molar-refractivity contribution in [1.82, 2.24) is 0 Å².